The minimum Gasteiger partial charge on any atom is -0.347 e. The summed E-state index contributed by atoms with van der Waals surface area (Å²) in [5.74, 6) is 0.539. The van der Waals surface area contributed by atoms with Crippen LogP contribution in [0.1, 0.15) is 48.2 Å². The van der Waals surface area contributed by atoms with Crippen LogP contribution in [0, 0.1) is 5.92 Å². The van der Waals surface area contributed by atoms with Crippen molar-refractivity contribution in [1.82, 2.24) is 20.3 Å². The first kappa shape index (κ1) is 19.8. The number of carbonyl (C=O) groups excluding carboxylic acids is 1. The number of hydrogen-bond donors (Lipinski definition) is 2. The highest BCUT2D eigenvalue weighted by atomic mass is 79.9. The molecule has 0 aliphatic heterocycles. The number of nitrogens with one attached hydrogen (secondary N) is 1. The first-order chi connectivity index (χ1) is 12.5. The largest absolute Gasteiger partial charge is 0.347 e. The van der Waals surface area contributed by atoms with Gasteiger partial charge in [0.2, 0.25) is 0 Å². The molecule has 0 radical (unpaired) electrons. The number of hydrogen-bond acceptors (Lipinski definition) is 5. The third kappa shape index (κ3) is 4.47. The van der Waals surface area contributed by atoms with Gasteiger partial charge in [-0.05, 0) is 34.3 Å². The van der Waals surface area contributed by atoms with Crippen LogP contribution < -0.4 is 11.1 Å². The van der Waals surface area contributed by atoms with E-state index in [-0.39, 0.29) is 11.9 Å². The quantitative estimate of drug-likeness (QED) is 0.682. The van der Waals surface area contributed by atoms with Crippen LogP contribution in [0.3, 0.4) is 0 Å². The number of nitrogens with two attached hydrogens (primary N) is 1. The van der Waals surface area contributed by atoms with Gasteiger partial charge in [0, 0.05) is 25.2 Å². The first-order valence-electron chi connectivity index (χ1n) is 8.85. The summed E-state index contributed by atoms with van der Waals surface area (Å²) in [6.07, 6.45) is 7.32. The second-order valence-electron chi connectivity index (χ2n) is 6.80. The van der Waals surface area contributed by atoms with Gasteiger partial charge in [-0.25, -0.2) is 4.68 Å². The highest BCUT2D eigenvalue weighted by molar-refractivity contribution is 9.10. The standard InChI is InChI=1S/C17H23BrClN5OS/c1-24-14(15(18)22-23-24)12-8-13(26-16(12)19)17(25)21-11(9-20)7-10-5-3-2-4-6-10/h8,10-11H,2-7,9,20H2,1H3,(H,21,25). The van der Waals surface area contributed by atoms with E-state index in [1.807, 2.05) is 0 Å². The molecule has 1 aliphatic rings. The molecule has 1 fully saturated rings. The molecule has 0 bridgehead atoms. The first-order valence-corrected chi connectivity index (χ1v) is 10.8. The summed E-state index contributed by atoms with van der Waals surface area (Å²) < 4.78 is 2.77. The summed E-state index contributed by atoms with van der Waals surface area (Å²) in [6, 6.07) is 1.79. The smallest absolute Gasteiger partial charge is 0.261 e. The second-order valence-corrected chi connectivity index (χ2v) is 9.20. The van der Waals surface area contributed by atoms with Crippen LogP contribution in [0.25, 0.3) is 11.3 Å². The van der Waals surface area contributed by atoms with Crippen molar-refractivity contribution in [2.45, 2.75) is 44.6 Å². The maximum atomic E-state index is 12.7. The van der Waals surface area contributed by atoms with Gasteiger partial charge in [0.25, 0.3) is 5.91 Å². The maximum absolute atomic E-state index is 12.7. The molecule has 1 saturated carbocycles. The Balaban J connectivity index is 1.70. The molecule has 3 N–H and O–H groups in total. The molecular weight excluding hydrogens is 438 g/mol. The summed E-state index contributed by atoms with van der Waals surface area (Å²) in [5.41, 5.74) is 7.41. The minimum absolute atomic E-state index is 0.0000290. The Hall–Kier alpha value is -0.960. The van der Waals surface area contributed by atoms with Crippen molar-refractivity contribution < 1.29 is 4.79 Å². The van der Waals surface area contributed by atoms with E-state index in [0.717, 1.165) is 17.7 Å². The van der Waals surface area contributed by atoms with Crippen LogP contribution in [0.5, 0.6) is 0 Å². The normalized spacial score (nSPS) is 16.6. The molecule has 2 aromatic heterocycles. The number of amides is 1. The van der Waals surface area contributed by atoms with Crippen molar-refractivity contribution in [1.29, 1.82) is 0 Å². The number of halogens is 2. The van der Waals surface area contributed by atoms with Crippen LogP contribution in [0.4, 0.5) is 0 Å². The zero-order valence-corrected chi connectivity index (χ0v) is 17.8. The lowest BCUT2D eigenvalue weighted by atomic mass is 9.85. The Morgan fingerprint density at radius 3 is 2.85 bits per heavy atom. The summed E-state index contributed by atoms with van der Waals surface area (Å²) in [5, 5.41) is 11.0. The van der Waals surface area contributed by atoms with E-state index in [1.54, 1.807) is 17.8 Å². The lowest BCUT2D eigenvalue weighted by Crippen LogP contribution is -2.41. The predicted molar refractivity (Wildman–Crippen MR) is 109 cm³/mol. The zero-order valence-electron chi connectivity index (χ0n) is 14.7. The van der Waals surface area contributed by atoms with Crippen molar-refractivity contribution in [3.63, 3.8) is 0 Å². The van der Waals surface area contributed by atoms with Gasteiger partial charge in [-0.1, -0.05) is 48.9 Å². The molecule has 142 valence electrons. The van der Waals surface area contributed by atoms with Crippen molar-refractivity contribution >= 4 is 44.8 Å². The average molecular weight is 461 g/mol. The molecular formula is C17H23BrClN5OS. The molecule has 0 saturated heterocycles. The Morgan fingerprint density at radius 2 is 2.23 bits per heavy atom. The summed E-state index contributed by atoms with van der Waals surface area (Å²) in [7, 11) is 1.79. The summed E-state index contributed by atoms with van der Waals surface area (Å²) in [6.45, 7) is 0.450. The van der Waals surface area contributed by atoms with Crippen LogP contribution in [-0.4, -0.2) is 33.5 Å². The molecule has 1 atom stereocenters. The van der Waals surface area contributed by atoms with Crippen LogP contribution in [0.2, 0.25) is 4.34 Å². The molecule has 1 amide bonds. The third-order valence-electron chi connectivity index (χ3n) is 4.91. The molecule has 1 unspecified atom stereocenters. The zero-order chi connectivity index (χ0) is 18.7. The van der Waals surface area contributed by atoms with E-state index in [4.69, 9.17) is 17.3 Å². The number of thiophene rings is 1. The Labute approximate surface area is 170 Å². The molecule has 6 nitrogen and oxygen atoms in total. The van der Waals surface area contributed by atoms with E-state index >= 15 is 0 Å². The molecule has 2 aromatic rings. The number of nitrogens with zero attached hydrogens (tertiary/aromatic N) is 3. The molecule has 1 aliphatic carbocycles. The van der Waals surface area contributed by atoms with E-state index in [1.165, 1.54) is 43.4 Å². The van der Waals surface area contributed by atoms with Gasteiger partial charge in [0.15, 0.2) is 4.60 Å². The Bertz CT molecular complexity index is 752. The van der Waals surface area contributed by atoms with E-state index in [2.05, 4.69) is 31.6 Å². The minimum atomic E-state index is -0.124. The predicted octanol–water partition coefficient (Wildman–Crippen LogP) is 3.99. The van der Waals surface area contributed by atoms with Crippen LogP contribution >= 0.6 is 38.9 Å². The highest BCUT2D eigenvalue weighted by Gasteiger charge is 2.23. The van der Waals surface area contributed by atoms with Gasteiger partial charge in [-0.15, -0.1) is 16.4 Å². The highest BCUT2D eigenvalue weighted by Crippen LogP contribution is 2.38. The van der Waals surface area contributed by atoms with Gasteiger partial charge < -0.3 is 11.1 Å². The second kappa shape index (κ2) is 8.82. The van der Waals surface area contributed by atoms with Crippen molar-refractivity contribution in [3.05, 3.63) is 19.9 Å². The lowest BCUT2D eigenvalue weighted by molar-refractivity contribution is 0.0934. The fourth-order valence-electron chi connectivity index (χ4n) is 3.56. The summed E-state index contributed by atoms with van der Waals surface area (Å²) in [4.78, 5) is 13.3. The van der Waals surface area contributed by atoms with E-state index in [0.29, 0.717) is 26.3 Å². The van der Waals surface area contributed by atoms with Crippen molar-refractivity contribution in [2.24, 2.45) is 18.7 Å². The van der Waals surface area contributed by atoms with Gasteiger partial charge >= 0.3 is 0 Å². The number of aromatic nitrogens is 3. The molecule has 9 heteroatoms. The average Bonchev–Trinajstić information content (AvgIpc) is 3.17. The number of carbonyl (C=O) groups is 1. The fraction of sp³-hybridized carbons (Fsp3) is 0.588. The van der Waals surface area contributed by atoms with Crippen LogP contribution in [-0.2, 0) is 7.05 Å². The molecule has 0 spiro atoms. The Kier molecular flexibility index (Phi) is 6.71. The van der Waals surface area contributed by atoms with Gasteiger partial charge in [0.05, 0.1) is 4.88 Å². The van der Waals surface area contributed by atoms with E-state index in [9.17, 15) is 4.79 Å². The van der Waals surface area contributed by atoms with Gasteiger partial charge in [-0.3, -0.25) is 4.79 Å². The monoisotopic (exact) mass is 459 g/mol. The van der Waals surface area contributed by atoms with Crippen molar-refractivity contribution in [2.75, 3.05) is 6.54 Å². The van der Waals surface area contributed by atoms with Crippen molar-refractivity contribution in [3.8, 4) is 11.3 Å². The summed E-state index contributed by atoms with van der Waals surface area (Å²) >= 11 is 11.0. The number of aryl methyl sites for hydroxylation is 1. The van der Waals surface area contributed by atoms with Crippen LogP contribution in [0.15, 0.2) is 10.7 Å². The van der Waals surface area contributed by atoms with E-state index < -0.39 is 0 Å². The topological polar surface area (TPSA) is 85.8 Å². The molecule has 26 heavy (non-hydrogen) atoms. The fourth-order valence-corrected chi connectivity index (χ4v) is 5.28. The molecule has 0 aromatic carbocycles. The molecule has 3 rings (SSSR count). The lowest BCUT2D eigenvalue weighted by Gasteiger charge is -2.26. The van der Waals surface area contributed by atoms with Gasteiger partial charge in [0.1, 0.15) is 10.0 Å². The third-order valence-corrected chi connectivity index (χ3v) is 6.81. The number of rotatable bonds is 6. The molecule has 2 heterocycles. The van der Waals surface area contributed by atoms with Gasteiger partial charge in [-0.2, -0.15) is 0 Å². The Morgan fingerprint density at radius 1 is 1.50 bits per heavy atom. The maximum Gasteiger partial charge on any atom is 0.261 e. The SMILES string of the molecule is Cn1nnc(Br)c1-c1cc(C(=O)NC(CN)CC2CCCCC2)sc1Cl.